The first-order valence-corrected chi connectivity index (χ1v) is 6.55. The molecule has 5 heteroatoms. The Morgan fingerprint density at radius 2 is 1.76 bits per heavy atom. The summed E-state index contributed by atoms with van der Waals surface area (Å²) in [6.45, 7) is 0. The van der Waals surface area contributed by atoms with E-state index in [1.807, 2.05) is 6.07 Å². The number of rotatable bonds is 3. The molecule has 0 bridgehead atoms. The minimum Gasteiger partial charge on any atom is -0.411 e. The van der Waals surface area contributed by atoms with Crippen LogP contribution in [0.5, 0.6) is 0 Å². The van der Waals surface area contributed by atoms with Crippen molar-refractivity contribution in [2.45, 2.75) is 12.0 Å². The monoisotopic (exact) mass is 282 g/mol. The number of fused-ring (bicyclic) bond motifs is 1. The van der Waals surface area contributed by atoms with Crippen LogP contribution in [0.3, 0.4) is 0 Å². The van der Waals surface area contributed by atoms with Gasteiger partial charge < -0.3 is 15.6 Å². The number of carbonyl (C=O) groups is 1. The van der Waals surface area contributed by atoms with Gasteiger partial charge in [-0.1, -0.05) is 53.7 Å². The lowest BCUT2D eigenvalue weighted by molar-refractivity contribution is -0.132. The molecule has 106 valence electrons. The normalized spacial score (nSPS) is 21.0. The van der Waals surface area contributed by atoms with Gasteiger partial charge in [-0.3, -0.25) is 4.79 Å². The molecule has 5 nitrogen and oxygen atoms in total. The first kappa shape index (κ1) is 13.3. The van der Waals surface area contributed by atoms with E-state index in [1.165, 1.54) is 0 Å². The first-order chi connectivity index (χ1) is 10.1. The van der Waals surface area contributed by atoms with Crippen molar-refractivity contribution < 1.29 is 15.1 Å². The summed E-state index contributed by atoms with van der Waals surface area (Å²) in [4.78, 5) is 12.1. The fraction of sp³-hybridized carbons (Fsp3) is 0.125. The molecule has 0 unspecified atom stereocenters. The lowest BCUT2D eigenvalue weighted by atomic mass is 9.88. The highest BCUT2D eigenvalue weighted by Crippen LogP contribution is 2.38. The van der Waals surface area contributed by atoms with Crippen LogP contribution in [-0.4, -0.2) is 21.9 Å². The highest BCUT2D eigenvalue weighted by Gasteiger charge is 2.46. The van der Waals surface area contributed by atoms with Gasteiger partial charge in [0, 0.05) is 17.7 Å². The predicted octanol–water partition coefficient (Wildman–Crippen LogP) is 2.09. The molecule has 0 radical (unpaired) electrons. The van der Waals surface area contributed by atoms with E-state index in [1.54, 1.807) is 48.5 Å². The molecule has 0 fully saturated rings. The van der Waals surface area contributed by atoms with E-state index in [4.69, 9.17) is 0 Å². The lowest BCUT2D eigenvalue weighted by Gasteiger charge is -2.21. The van der Waals surface area contributed by atoms with Crippen LogP contribution in [0.25, 0.3) is 0 Å². The van der Waals surface area contributed by atoms with Crippen molar-refractivity contribution in [1.29, 1.82) is 0 Å². The minimum atomic E-state index is -1.73. The van der Waals surface area contributed by atoms with Crippen molar-refractivity contribution in [2.24, 2.45) is 5.16 Å². The van der Waals surface area contributed by atoms with Crippen LogP contribution < -0.4 is 5.32 Å². The Morgan fingerprint density at radius 1 is 1.10 bits per heavy atom. The Balaban J connectivity index is 1.99. The maximum absolute atomic E-state index is 12.1. The molecular formula is C16H14N2O3. The zero-order valence-electron chi connectivity index (χ0n) is 11.2. The molecule has 1 heterocycles. The van der Waals surface area contributed by atoms with E-state index in [-0.39, 0.29) is 12.1 Å². The molecule has 0 spiro atoms. The summed E-state index contributed by atoms with van der Waals surface area (Å²) in [5.41, 5.74) is 0.256. The van der Waals surface area contributed by atoms with Gasteiger partial charge in [-0.2, -0.15) is 0 Å². The molecule has 2 aromatic rings. The van der Waals surface area contributed by atoms with Gasteiger partial charge in [-0.15, -0.1) is 0 Å². The largest absolute Gasteiger partial charge is 0.411 e. The smallest absolute Gasteiger partial charge is 0.261 e. The molecule has 0 aromatic heterocycles. The third-order valence-corrected chi connectivity index (χ3v) is 3.65. The predicted molar refractivity (Wildman–Crippen MR) is 78.4 cm³/mol. The molecule has 2 aromatic carbocycles. The molecule has 1 aliphatic rings. The van der Waals surface area contributed by atoms with Crippen LogP contribution in [0.15, 0.2) is 59.8 Å². The van der Waals surface area contributed by atoms with Crippen LogP contribution in [-0.2, 0) is 10.4 Å². The number of benzene rings is 2. The number of amides is 1. The average Bonchev–Trinajstić information content (AvgIpc) is 2.78. The zero-order valence-corrected chi connectivity index (χ0v) is 11.2. The number of hydrogen-bond acceptors (Lipinski definition) is 4. The molecule has 1 amide bonds. The molecule has 0 saturated carbocycles. The molecular weight excluding hydrogens is 268 g/mol. The van der Waals surface area contributed by atoms with Crippen molar-refractivity contribution in [2.75, 3.05) is 5.32 Å². The summed E-state index contributed by atoms with van der Waals surface area (Å²) in [6.07, 6.45) is -0.101. The molecule has 1 aliphatic heterocycles. The Bertz CT molecular complexity index is 712. The van der Waals surface area contributed by atoms with Gasteiger partial charge in [0.2, 0.25) is 0 Å². The van der Waals surface area contributed by atoms with Crippen molar-refractivity contribution in [3.8, 4) is 0 Å². The molecule has 0 saturated heterocycles. The second kappa shape index (κ2) is 5.03. The SMILES string of the molecule is O=C1Nc2ccccc2[C@]1(O)CC(=NO)c1ccccc1. The summed E-state index contributed by atoms with van der Waals surface area (Å²) in [6, 6.07) is 15.9. The van der Waals surface area contributed by atoms with Crippen LogP contribution in [0.1, 0.15) is 17.5 Å². The fourth-order valence-corrected chi connectivity index (χ4v) is 2.54. The van der Waals surface area contributed by atoms with E-state index in [0.29, 0.717) is 16.8 Å². The number of oxime groups is 1. The Hall–Kier alpha value is -2.66. The van der Waals surface area contributed by atoms with Gasteiger partial charge in [0.15, 0.2) is 5.60 Å². The van der Waals surface area contributed by atoms with Gasteiger partial charge in [-0.25, -0.2) is 0 Å². The minimum absolute atomic E-state index is 0.101. The van der Waals surface area contributed by atoms with Crippen molar-refractivity contribution in [3.05, 3.63) is 65.7 Å². The second-order valence-corrected chi connectivity index (χ2v) is 4.95. The van der Waals surface area contributed by atoms with E-state index in [0.717, 1.165) is 0 Å². The first-order valence-electron chi connectivity index (χ1n) is 6.55. The Kier molecular flexibility index (Phi) is 3.19. The third kappa shape index (κ3) is 2.17. The number of para-hydroxylation sites is 1. The topological polar surface area (TPSA) is 81.9 Å². The van der Waals surface area contributed by atoms with Crippen molar-refractivity contribution in [3.63, 3.8) is 0 Å². The van der Waals surface area contributed by atoms with Crippen molar-refractivity contribution in [1.82, 2.24) is 0 Å². The van der Waals surface area contributed by atoms with Crippen LogP contribution in [0, 0.1) is 0 Å². The fourth-order valence-electron chi connectivity index (χ4n) is 2.54. The van der Waals surface area contributed by atoms with E-state index in [2.05, 4.69) is 10.5 Å². The third-order valence-electron chi connectivity index (χ3n) is 3.65. The van der Waals surface area contributed by atoms with Gasteiger partial charge >= 0.3 is 0 Å². The highest BCUT2D eigenvalue weighted by atomic mass is 16.4. The zero-order chi connectivity index (χ0) is 14.9. The summed E-state index contributed by atoms with van der Waals surface area (Å²) in [5, 5.41) is 25.9. The van der Waals surface area contributed by atoms with E-state index >= 15 is 0 Å². The summed E-state index contributed by atoms with van der Waals surface area (Å²) in [7, 11) is 0. The summed E-state index contributed by atoms with van der Waals surface area (Å²) >= 11 is 0. The molecule has 0 aliphatic carbocycles. The summed E-state index contributed by atoms with van der Waals surface area (Å²) < 4.78 is 0. The number of nitrogens with zero attached hydrogens (tertiary/aromatic N) is 1. The van der Waals surface area contributed by atoms with Gasteiger partial charge in [0.05, 0.1) is 5.71 Å². The van der Waals surface area contributed by atoms with Crippen molar-refractivity contribution >= 4 is 17.3 Å². The van der Waals surface area contributed by atoms with Gasteiger partial charge in [0.1, 0.15) is 0 Å². The molecule has 3 rings (SSSR count). The van der Waals surface area contributed by atoms with Gasteiger partial charge in [-0.05, 0) is 11.6 Å². The molecule has 21 heavy (non-hydrogen) atoms. The highest BCUT2D eigenvalue weighted by molar-refractivity contribution is 6.10. The number of aliphatic hydroxyl groups is 1. The number of anilines is 1. The Morgan fingerprint density at radius 3 is 2.48 bits per heavy atom. The van der Waals surface area contributed by atoms with Crippen LogP contribution in [0.4, 0.5) is 5.69 Å². The number of hydrogen-bond donors (Lipinski definition) is 3. The summed E-state index contributed by atoms with van der Waals surface area (Å²) in [5.74, 6) is -0.513. The second-order valence-electron chi connectivity index (χ2n) is 4.95. The lowest BCUT2D eigenvalue weighted by Crippen LogP contribution is -2.36. The van der Waals surface area contributed by atoms with Gasteiger partial charge in [0.25, 0.3) is 5.91 Å². The van der Waals surface area contributed by atoms with Crippen LogP contribution >= 0.6 is 0 Å². The maximum atomic E-state index is 12.1. The maximum Gasteiger partial charge on any atom is 0.261 e. The molecule has 1 atom stereocenters. The quantitative estimate of drug-likeness (QED) is 0.458. The Labute approximate surface area is 121 Å². The van der Waals surface area contributed by atoms with E-state index in [9.17, 15) is 15.1 Å². The molecule has 3 N–H and O–H groups in total. The van der Waals surface area contributed by atoms with Crippen LogP contribution in [0.2, 0.25) is 0 Å². The van der Waals surface area contributed by atoms with E-state index < -0.39 is 11.5 Å². The number of carbonyl (C=O) groups excluding carboxylic acids is 1. The average molecular weight is 282 g/mol. The number of nitrogens with one attached hydrogen (secondary N) is 1. The standard InChI is InChI=1S/C16H14N2O3/c19-15-16(20,12-8-4-5-9-13(12)17-15)10-14(18-21)11-6-2-1-3-7-11/h1-9,20-21H,10H2,(H,17,19)/t16-/m1/s1.